The summed E-state index contributed by atoms with van der Waals surface area (Å²) >= 11 is 6.51. The molecule has 1 amide bonds. The normalized spacial score (nSPS) is 15.1. The molecule has 1 aliphatic heterocycles. The lowest BCUT2D eigenvalue weighted by Crippen LogP contribution is -2.44. The lowest BCUT2D eigenvalue weighted by atomic mass is 9.92. The van der Waals surface area contributed by atoms with Crippen molar-refractivity contribution >= 4 is 23.2 Å². The molecule has 1 aromatic heterocycles. The molecule has 0 aliphatic carbocycles. The number of aryl methyl sites for hydroxylation is 1. The molecule has 7 heteroatoms. The highest BCUT2D eigenvalue weighted by molar-refractivity contribution is 6.31. The minimum atomic E-state index is -0.215. The molecule has 3 rings (SSSR count). The largest absolute Gasteiger partial charge is 0.368 e. The monoisotopic (exact) mass is 486 g/mol. The van der Waals surface area contributed by atoms with Crippen molar-refractivity contribution in [2.24, 2.45) is 0 Å². The Kier molecular flexibility index (Phi) is 8.47. The Morgan fingerprint density at radius 1 is 1.21 bits per heavy atom. The number of piperidine rings is 1. The van der Waals surface area contributed by atoms with Crippen LogP contribution in [-0.4, -0.2) is 48.5 Å². The molecule has 1 aliphatic rings. The van der Waals surface area contributed by atoms with Crippen molar-refractivity contribution in [1.82, 2.24) is 15.2 Å². The van der Waals surface area contributed by atoms with E-state index in [1.807, 2.05) is 26.8 Å². The SMILES string of the molecule is CCN(c1cc(Cl)cc(C(=O)NCc2c(C(C)C)c(C)c(C)[nH]c2=O)c1C)C1CCN(C)CC1. The van der Waals surface area contributed by atoms with Gasteiger partial charge in [0.2, 0.25) is 0 Å². The van der Waals surface area contributed by atoms with Crippen LogP contribution in [0.5, 0.6) is 0 Å². The number of carbonyl (C=O) groups is 1. The van der Waals surface area contributed by atoms with E-state index in [9.17, 15) is 9.59 Å². The molecule has 2 heterocycles. The van der Waals surface area contributed by atoms with E-state index in [0.717, 1.165) is 60.5 Å². The summed E-state index contributed by atoms with van der Waals surface area (Å²) in [7, 11) is 2.16. The number of hydrogen-bond donors (Lipinski definition) is 2. The zero-order valence-corrected chi connectivity index (χ0v) is 22.4. The lowest BCUT2D eigenvalue weighted by molar-refractivity contribution is 0.0950. The number of carbonyl (C=O) groups excluding carboxylic acids is 1. The van der Waals surface area contributed by atoms with Gasteiger partial charge in [0.15, 0.2) is 0 Å². The third-order valence-corrected chi connectivity index (χ3v) is 7.46. The summed E-state index contributed by atoms with van der Waals surface area (Å²) in [6, 6.07) is 4.13. The number of halogens is 1. The van der Waals surface area contributed by atoms with E-state index >= 15 is 0 Å². The number of aromatic amines is 1. The van der Waals surface area contributed by atoms with E-state index in [-0.39, 0.29) is 23.9 Å². The van der Waals surface area contributed by atoms with Crippen molar-refractivity contribution in [2.45, 2.75) is 72.9 Å². The standard InChI is InChI=1S/C27H39ClN4O2/c1-8-32(21-9-11-31(7)12-10-21)24-14-20(28)13-22(18(24)5)26(33)29-15-23-25(16(2)3)17(4)19(6)30-27(23)34/h13-14,16,21H,8-12,15H2,1-7H3,(H,29,33)(H,30,34). The molecule has 6 nitrogen and oxygen atoms in total. The molecule has 186 valence electrons. The van der Waals surface area contributed by atoms with Gasteiger partial charge in [-0.15, -0.1) is 0 Å². The first-order valence-electron chi connectivity index (χ1n) is 12.3. The summed E-state index contributed by atoms with van der Waals surface area (Å²) in [4.78, 5) is 33.7. The number of benzene rings is 1. The third-order valence-electron chi connectivity index (χ3n) is 7.24. The molecule has 0 saturated carbocycles. The summed E-state index contributed by atoms with van der Waals surface area (Å²) in [5, 5.41) is 3.54. The van der Waals surface area contributed by atoms with Gasteiger partial charge < -0.3 is 20.1 Å². The van der Waals surface area contributed by atoms with E-state index in [2.05, 4.69) is 47.9 Å². The number of likely N-dealkylation sites (tertiary alicyclic amines) is 1. The highest BCUT2D eigenvalue weighted by Gasteiger charge is 2.26. The number of nitrogens with one attached hydrogen (secondary N) is 2. The van der Waals surface area contributed by atoms with Crippen LogP contribution in [0.4, 0.5) is 5.69 Å². The number of hydrogen-bond acceptors (Lipinski definition) is 4. The third kappa shape index (κ3) is 5.49. The minimum Gasteiger partial charge on any atom is -0.368 e. The van der Waals surface area contributed by atoms with Gasteiger partial charge in [-0.25, -0.2) is 0 Å². The number of aromatic nitrogens is 1. The Hall–Kier alpha value is -2.31. The van der Waals surface area contributed by atoms with Gasteiger partial charge >= 0.3 is 0 Å². The molecular weight excluding hydrogens is 448 g/mol. The van der Waals surface area contributed by atoms with Crippen molar-refractivity contribution in [2.75, 3.05) is 31.6 Å². The van der Waals surface area contributed by atoms with Crippen LogP contribution < -0.4 is 15.8 Å². The van der Waals surface area contributed by atoms with Gasteiger partial charge in [0.1, 0.15) is 0 Å². The zero-order chi connectivity index (χ0) is 25.2. The second kappa shape index (κ2) is 11.0. The van der Waals surface area contributed by atoms with E-state index in [1.165, 1.54) is 0 Å². The van der Waals surface area contributed by atoms with Gasteiger partial charge in [-0.1, -0.05) is 25.4 Å². The molecule has 2 aromatic rings. The number of H-pyrrole nitrogens is 1. The maximum absolute atomic E-state index is 13.3. The summed E-state index contributed by atoms with van der Waals surface area (Å²) in [6.07, 6.45) is 2.18. The minimum absolute atomic E-state index is 0.143. The summed E-state index contributed by atoms with van der Waals surface area (Å²) < 4.78 is 0. The quantitative estimate of drug-likeness (QED) is 0.582. The van der Waals surface area contributed by atoms with Gasteiger partial charge in [-0.2, -0.15) is 0 Å². The van der Waals surface area contributed by atoms with Crippen molar-refractivity contribution < 1.29 is 4.79 Å². The predicted octanol–water partition coefficient (Wildman–Crippen LogP) is 4.93. The Morgan fingerprint density at radius 2 is 1.85 bits per heavy atom. The molecule has 2 N–H and O–H groups in total. The Bertz CT molecular complexity index is 1100. The molecule has 1 aromatic carbocycles. The summed E-state index contributed by atoms with van der Waals surface area (Å²) in [5.74, 6) is -0.0342. The van der Waals surface area contributed by atoms with E-state index in [4.69, 9.17) is 11.6 Å². The van der Waals surface area contributed by atoms with Crippen LogP contribution in [-0.2, 0) is 6.54 Å². The summed E-state index contributed by atoms with van der Waals surface area (Å²) in [5.41, 5.74) is 5.90. The highest BCUT2D eigenvalue weighted by atomic mass is 35.5. The second-order valence-electron chi connectivity index (χ2n) is 9.85. The van der Waals surface area contributed by atoms with Crippen molar-refractivity contribution in [1.29, 1.82) is 0 Å². The van der Waals surface area contributed by atoms with Crippen LogP contribution >= 0.6 is 11.6 Å². The first kappa shape index (κ1) is 26.3. The average Bonchev–Trinajstić information content (AvgIpc) is 2.78. The Morgan fingerprint density at radius 3 is 2.44 bits per heavy atom. The number of pyridine rings is 1. The van der Waals surface area contributed by atoms with Gasteiger partial charge in [0.25, 0.3) is 11.5 Å². The highest BCUT2D eigenvalue weighted by Crippen LogP contribution is 2.32. The molecule has 0 atom stereocenters. The Balaban J connectivity index is 1.89. The summed E-state index contributed by atoms with van der Waals surface area (Å²) in [6.45, 7) is 15.4. The molecule has 0 radical (unpaired) electrons. The molecule has 0 spiro atoms. The van der Waals surface area contributed by atoms with Crippen LogP contribution in [0, 0.1) is 20.8 Å². The molecule has 1 fully saturated rings. The number of anilines is 1. The number of amides is 1. The lowest BCUT2D eigenvalue weighted by Gasteiger charge is -2.39. The number of rotatable bonds is 7. The van der Waals surface area contributed by atoms with Crippen LogP contribution in [0.3, 0.4) is 0 Å². The van der Waals surface area contributed by atoms with Gasteiger partial charge in [0.05, 0.1) is 0 Å². The van der Waals surface area contributed by atoms with Gasteiger partial charge in [-0.3, -0.25) is 9.59 Å². The maximum Gasteiger partial charge on any atom is 0.253 e. The van der Waals surface area contributed by atoms with Crippen molar-refractivity contribution in [3.63, 3.8) is 0 Å². The fourth-order valence-electron chi connectivity index (χ4n) is 5.24. The average molecular weight is 487 g/mol. The first-order chi connectivity index (χ1) is 16.0. The van der Waals surface area contributed by atoms with Crippen molar-refractivity contribution in [3.8, 4) is 0 Å². The van der Waals surface area contributed by atoms with Gasteiger partial charge in [0, 0.05) is 46.7 Å². The molecular formula is C27H39ClN4O2. The fraction of sp³-hybridized carbons (Fsp3) is 0.556. The predicted molar refractivity (Wildman–Crippen MR) is 142 cm³/mol. The van der Waals surface area contributed by atoms with E-state index < -0.39 is 0 Å². The van der Waals surface area contributed by atoms with E-state index in [0.29, 0.717) is 22.2 Å². The van der Waals surface area contributed by atoms with Crippen molar-refractivity contribution in [3.05, 3.63) is 61.0 Å². The van der Waals surface area contributed by atoms with E-state index in [1.54, 1.807) is 6.07 Å². The molecule has 0 unspecified atom stereocenters. The second-order valence-corrected chi connectivity index (χ2v) is 10.3. The maximum atomic E-state index is 13.3. The Labute approximate surface area is 208 Å². The molecule has 1 saturated heterocycles. The van der Waals surface area contributed by atoms with Crippen LogP contribution in [0.2, 0.25) is 5.02 Å². The fourth-order valence-corrected chi connectivity index (χ4v) is 5.45. The molecule has 0 bridgehead atoms. The van der Waals surface area contributed by atoms with Crippen LogP contribution in [0.15, 0.2) is 16.9 Å². The van der Waals surface area contributed by atoms with Gasteiger partial charge in [-0.05, 0) is 95.4 Å². The first-order valence-corrected chi connectivity index (χ1v) is 12.7. The van der Waals surface area contributed by atoms with Crippen LogP contribution in [0.1, 0.15) is 77.8 Å². The zero-order valence-electron chi connectivity index (χ0n) is 21.6. The molecule has 34 heavy (non-hydrogen) atoms. The number of nitrogens with zero attached hydrogens (tertiary/aromatic N) is 2. The smallest absolute Gasteiger partial charge is 0.253 e. The van der Waals surface area contributed by atoms with Crippen LogP contribution in [0.25, 0.3) is 0 Å². The topological polar surface area (TPSA) is 68.4 Å².